The van der Waals surface area contributed by atoms with Crippen LogP contribution in [0.5, 0.6) is 11.5 Å². The minimum Gasteiger partial charge on any atom is -0.493 e. The molecule has 14 heavy (non-hydrogen) atoms. The molecule has 0 saturated carbocycles. The number of nitrogens with one attached hydrogen (secondary N) is 1. The average Bonchev–Trinajstić information content (AvgIpc) is 2.15. The van der Waals surface area contributed by atoms with Gasteiger partial charge < -0.3 is 14.8 Å². The van der Waals surface area contributed by atoms with Crippen LogP contribution in [0.4, 0.5) is 5.69 Å². The second-order valence-electron chi connectivity index (χ2n) is 2.82. The largest absolute Gasteiger partial charge is 0.493 e. The summed E-state index contributed by atoms with van der Waals surface area (Å²) in [6.07, 6.45) is 0. The van der Waals surface area contributed by atoms with Gasteiger partial charge in [0.2, 0.25) is 0 Å². The molecule has 0 unspecified atom stereocenters. The number of anilines is 1. The van der Waals surface area contributed by atoms with E-state index in [2.05, 4.69) is 21.2 Å². The first kappa shape index (κ1) is 9.33. The number of carbonyl (C=O) groups is 1. The summed E-state index contributed by atoms with van der Waals surface area (Å²) in [6, 6.07) is 3.56. The molecule has 1 amide bonds. The highest BCUT2D eigenvalue weighted by Gasteiger charge is 2.20. The molecule has 0 fully saturated rings. The molecule has 1 N–H and O–H groups in total. The molecule has 0 atom stereocenters. The van der Waals surface area contributed by atoms with Gasteiger partial charge in [-0.1, -0.05) is 15.9 Å². The highest BCUT2D eigenvalue weighted by atomic mass is 79.9. The summed E-state index contributed by atoms with van der Waals surface area (Å²) in [5.74, 6) is 1.03. The molecule has 0 radical (unpaired) electrons. The number of benzene rings is 1. The van der Waals surface area contributed by atoms with Gasteiger partial charge in [0.25, 0.3) is 5.91 Å². The van der Waals surface area contributed by atoms with E-state index in [9.17, 15) is 4.79 Å². The second kappa shape index (κ2) is 3.49. The van der Waals surface area contributed by atoms with Crippen LogP contribution < -0.4 is 14.8 Å². The fraction of sp³-hybridized carbons (Fsp3) is 0.222. The Labute approximate surface area is 89.3 Å². The molecule has 1 aliphatic rings. The van der Waals surface area contributed by atoms with Gasteiger partial charge in [0.05, 0.1) is 12.8 Å². The number of halogens is 1. The fourth-order valence-corrected chi connectivity index (χ4v) is 1.72. The Hall–Kier alpha value is -1.23. The van der Waals surface area contributed by atoms with E-state index in [1.165, 1.54) is 0 Å². The van der Waals surface area contributed by atoms with Gasteiger partial charge >= 0.3 is 0 Å². The van der Waals surface area contributed by atoms with Crippen molar-refractivity contribution in [1.82, 2.24) is 0 Å². The van der Waals surface area contributed by atoms with E-state index in [4.69, 9.17) is 9.47 Å². The Bertz CT molecular complexity index is 392. The Balaban J connectivity index is 2.51. The van der Waals surface area contributed by atoms with E-state index in [-0.39, 0.29) is 12.5 Å². The summed E-state index contributed by atoms with van der Waals surface area (Å²) in [5, 5.41) is 2.70. The first-order valence-corrected chi connectivity index (χ1v) is 4.80. The van der Waals surface area contributed by atoms with Crippen molar-refractivity contribution < 1.29 is 14.3 Å². The number of carbonyl (C=O) groups excluding carboxylic acids is 1. The minimum absolute atomic E-state index is 0.0327. The van der Waals surface area contributed by atoms with Crippen LogP contribution in [-0.4, -0.2) is 19.6 Å². The second-order valence-corrected chi connectivity index (χ2v) is 3.74. The van der Waals surface area contributed by atoms with Crippen molar-refractivity contribution in [3.8, 4) is 11.5 Å². The van der Waals surface area contributed by atoms with E-state index in [0.717, 1.165) is 4.47 Å². The molecule has 1 heterocycles. The van der Waals surface area contributed by atoms with Gasteiger partial charge in [-0.05, 0) is 12.1 Å². The summed E-state index contributed by atoms with van der Waals surface area (Å²) in [6.45, 7) is 0.0327. The molecule has 1 aliphatic heterocycles. The Kier molecular flexibility index (Phi) is 2.33. The van der Waals surface area contributed by atoms with Gasteiger partial charge in [0.1, 0.15) is 0 Å². The number of methoxy groups -OCH3 is 1. The number of fused-ring (bicyclic) bond motifs is 1. The third-order valence-electron chi connectivity index (χ3n) is 1.86. The minimum atomic E-state index is -0.155. The smallest absolute Gasteiger partial charge is 0.262 e. The first-order chi connectivity index (χ1) is 6.70. The topological polar surface area (TPSA) is 47.6 Å². The van der Waals surface area contributed by atoms with Crippen LogP contribution in [0.3, 0.4) is 0 Å². The van der Waals surface area contributed by atoms with Crippen LogP contribution in [0.25, 0.3) is 0 Å². The quantitative estimate of drug-likeness (QED) is 0.835. The number of ether oxygens (including phenoxy) is 2. The molecule has 0 aliphatic carbocycles. The lowest BCUT2D eigenvalue weighted by molar-refractivity contribution is -0.118. The molecule has 0 spiro atoms. The third-order valence-corrected chi connectivity index (χ3v) is 2.32. The lowest BCUT2D eigenvalue weighted by Crippen LogP contribution is -2.25. The Morgan fingerprint density at radius 1 is 1.57 bits per heavy atom. The van der Waals surface area contributed by atoms with Crippen molar-refractivity contribution in [3.63, 3.8) is 0 Å². The van der Waals surface area contributed by atoms with Crippen LogP contribution in [0.1, 0.15) is 0 Å². The predicted molar refractivity (Wildman–Crippen MR) is 54.8 cm³/mol. The van der Waals surface area contributed by atoms with Gasteiger partial charge in [-0.15, -0.1) is 0 Å². The molecule has 1 aromatic rings. The van der Waals surface area contributed by atoms with Crippen molar-refractivity contribution in [3.05, 3.63) is 16.6 Å². The Morgan fingerprint density at radius 3 is 3.07 bits per heavy atom. The number of rotatable bonds is 1. The zero-order chi connectivity index (χ0) is 10.1. The van der Waals surface area contributed by atoms with Gasteiger partial charge in [-0.3, -0.25) is 4.79 Å². The van der Waals surface area contributed by atoms with E-state index in [0.29, 0.717) is 17.2 Å². The van der Waals surface area contributed by atoms with Crippen LogP contribution in [0.2, 0.25) is 0 Å². The van der Waals surface area contributed by atoms with Gasteiger partial charge in [0, 0.05) is 4.47 Å². The molecule has 0 saturated heterocycles. The molecule has 0 bridgehead atoms. The molecular formula is C9H8BrNO3. The van der Waals surface area contributed by atoms with Crippen molar-refractivity contribution in [2.75, 3.05) is 19.0 Å². The number of hydrogen-bond acceptors (Lipinski definition) is 3. The highest BCUT2D eigenvalue weighted by Crippen LogP contribution is 2.39. The Morgan fingerprint density at radius 2 is 2.36 bits per heavy atom. The monoisotopic (exact) mass is 257 g/mol. The molecule has 0 aromatic heterocycles. The third kappa shape index (κ3) is 1.55. The summed E-state index contributed by atoms with van der Waals surface area (Å²) in [7, 11) is 1.56. The van der Waals surface area contributed by atoms with E-state index >= 15 is 0 Å². The number of amides is 1. The maximum atomic E-state index is 11.0. The lowest BCUT2D eigenvalue weighted by atomic mass is 10.2. The predicted octanol–water partition coefficient (Wildman–Crippen LogP) is 1.79. The molecular weight excluding hydrogens is 250 g/mol. The van der Waals surface area contributed by atoms with Crippen molar-refractivity contribution in [2.45, 2.75) is 0 Å². The number of hydrogen-bond donors (Lipinski definition) is 1. The fourth-order valence-electron chi connectivity index (χ4n) is 1.29. The van der Waals surface area contributed by atoms with Crippen LogP contribution in [-0.2, 0) is 4.79 Å². The average molecular weight is 258 g/mol. The van der Waals surface area contributed by atoms with E-state index < -0.39 is 0 Å². The molecule has 4 nitrogen and oxygen atoms in total. The zero-order valence-electron chi connectivity index (χ0n) is 7.46. The molecule has 2 rings (SSSR count). The molecule has 1 aromatic carbocycles. The van der Waals surface area contributed by atoms with Crippen molar-refractivity contribution >= 4 is 27.5 Å². The lowest BCUT2D eigenvalue weighted by Gasteiger charge is -2.20. The molecule has 74 valence electrons. The van der Waals surface area contributed by atoms with Gasteiger partial charge in [-0.25, -0.2) is 0 Å². The SMILES string of the molecule is COc1cc(Br)cc2c1OCC(=O)N2. The maximum absolute atomic E-state index is 11.0. The summed E-state index contributed by atoms with van der Waals surface area (Å²) >= 11 is 3.32. The van der Waals surface area contributed by atoms with Crippen LogP contribution >= 0.6 is 15.9 Å². The van der Waals surface area contributed by atoms with Crippen molar-refractivity contribution in [2.24, 2.45) is 0 Å². The molecule has 5 heteroatoms. The summed E-state index contributed by atoms with van der Waals surface area (Å²) in [5.41, 5.74) is 0.632. The summed E-state index contributed by atoms with van der Waals surface area (Å²) < 4.78 is 11.2. The standard InChI is InChI=1S/C9H8BrNO3/c1-13-7-3-5(10)2-6-9(7)14-4-8(12)11-6/h2-3H,4H2,1H3,(H,11,12). The van der Waals surface area contributed by atoms with E-state index in [1.54, 1.807) is 19.2 Å². The van der Waals surface area contributed by atoms with Gasteiger partial charge in [0.15, 0.2) is 18.1 Å². The van der Waals surface area contributed by atoms with Gasteiger partial charge in [-0.2, -0.15) is 0 Å². The first-order valence-electron chi connectivity index (χ1n) is 4.01. The summed E-state index contributed by atoms with van der Waals surface area (Å²) in [4.78, 5) is 11.0. The normalized spacial score (nSPS) is 14.0. The highest BCUT2D eigenvalue weighted by molar-refractivity contribution is 9.10. The van der Waals surface area contributed by atoms with E-state index in [1.807, 2.05) is 0 Å². The van der Waals surface area contributed by atoms with Crippen molar-refractivity contribution in [1.29, 1.82) is 0 Å². The van der Waals surface area contributed by atoms with Crippen LogP contribution in [0, 0.1) is 0 Å². The zero-order valence-corrected chi connectivity index (χ0v) is 9.05. The maximum Gasteiger partial charge on any atom is 0.262 e. The van der Waals surface area contributed by atoms with Crippen LogP contribution in [0.15, 0.2) is 16.6 Å².